The third kappa shape index (κ3) is 3.51. The normalized spacial score (nSPS) is 21.8. The van der Waals surface area contributed by atoms with E-state index in [9.17, 15) is 19.0 Å². The molecule has 2 aromatic rings. The summed E-state index contributed by atoms with van der Waals surface area (Å²) in [4.78, 5) is 1.80. The lowest BCUT2D eigenvalue weighted by molar-refractivity contribution is 0.0316. The summed E-state index contributed by atoms with van der Waals surface area (Å²) in [6.07, 6.45) is -0.120. The number of anilines is 1. The van der Waals surface area contributed by atoms with Crippen molar-refractivity contribution in [1.82, 2.24) is 0 Å². The lowest BCUT2D eigenvalue weighted by atomic mass is 9.89. The first-order valence-corrected chi connectivity index (χ1v) is 7.68. The topological polar surface area (TPSA) is 43.7 Å². The quantitative estimate of drug-likeness (QED) is 0.889. The zero-order valence-electron chi connectivity index (χ0n) is 12.6. The molecule has 0 saturated carbocycles. The van der Waals surface area contributed by atoms with Crippen LogP contribution in [0.3, 0.4) is 0 Å². The second kappa shape index (κ2) is 6.64. The van der Waals surface area contributed by atoms with Crippen LogP contribution in [0.4, 0.5) is 14.5 Å². The summed E-state index contributed by atoms with van der Waals surface area (Å²) in [6.45, 7) is 0.670. The number of hydrogen-bond donors (Lipinski definition) is 2. The number of rotatable bonds is 5. The van der Waals surface area contributed by atoms with Crippen LogP contribution in [-0.2, 0) is 0 Å². The van der Waals surface area contributed by atoms with E-state index in [1.807, 2.05) is 0 Å². The minimum atomic E-state index is -0.664. The van der Waals surface area contributed by atoms with Crippen molar-refractivity contribution in [3.63, 3.8) is 0 Å². The van der Waals surface area contributed by atoms with Gasteiger partial charge in [-0.15, -0.1) is 0 Å². The molecule has 0 amide bonds. The van der Waals surface area contributed by atoms with Gasteiger partial charge in [0.25, 0.3) is 0 Å². The van der Waals surface area contributed by atoms with E-state index >= 15 is 0 Å². The standard InChI is InChI=1S/C18H19F2NO2/c19-14-4-1-12(2-5-14)17(22)10-3-13-11-21(18(13)23)16-8-6-15(20)7-9-16/h1-2,4-9,13,17-18,22-23H,3,10-11H2. The molecular formula is C18H19F2NO2. The minimum Gasteiger partial charge on any atom is -0.388 e. The van der Waals surface area contributed by atoms with E-state index in [0.29, 0.717) is 24.9 Å². The van der Waals surface area contributed by atoms with E-state index in [1.54, 1.807) is 29.2 Å². The number of aliphatic hydroxyl groups excluding tert-OH is 2. The van der Waals surface area contributed by atoms with E-state index in [0.717, 1.165) is 5.69 Å². The fraction of sp³-hybridized carbons (Fsp3) is 0.333. The largest absolute Gasteiger partial charge is 0.388 e. The van der Waals surface area contributed by atoms with Crippen LogP contribution in [-0.4, -0.2) is 23.0 Å². The van der Waals surface area contributed by atoms with Crippen molar-refractivity contribution in [2.24, 2.45) is 5.92 Å². The van der Waals surface area contributed by atoms with E-state index in [-0.39, 0.29) is 17.6 Å². The van der Waals surface area contributed by atoms with Crippen molar-refractivity contribution in [3.05, 3.63) is 65.7 Å². The van der Waals surface area contributed by atoms with Crippen molar-refractivity contribution >= 4 is 5.69 Å². The minimum absolute atomic E-state index is 0.0650. The Balaban J connectivity index is 1.50. The average Bonchev–Trinajstić information content (AvgIpc) is 2.55. The number of aliphatic hydroxyl groups is 2. The molecule has 3 rings (SSSR count). The molecule has 3 atom stereocenters. The van der Waals surface area contributed by atoms with Gasteiger partial charge in [0.15, 0.2) is 0 Å². The van der Waals surface area contributed by atoms with E-state index in [2.05, 4.69) is 0 Å². The Labute approximate surface area is 133 Å². The van der Waals surface area contributed by atoms with Gasteiger partial charge in [-0.25, -0.2) is 8.78 Å². The molecule has 5 heteroatoms. The Bertz CT molecular complexity index is 645. The van der Waals surface area contributed by atoms with Crippen LogP contribution >= 0.6 is 0 Å². The second-order valence-electron chi connectivity index (χ2n) is 5.95. The highest BCUT2D eigenvalue weighted by Crippen LogP contribution is 2.34. The van der Waals surface area contributed by atoms with Gasteiger partial charge in [-0.1, -0.05) is 12.1 Å². The first-order valence-electron chi connectivity index (χ1n) is 7.68. The number of halogens is 2. The molecule has 0 spiro atoms. The second-order valence-corrected chi connectivity index (χ2v) is 5.95. The molecule has 1 fully saturated rings. The molecule has 2 N–H and O–H groups in total. The van der Waals surface area contributed by atoms with Crippen molar-refractivity contribution in [1.29, 1.82) is 0 Å². The fourth-order valence-corrected chi connectivity index (χ4v) is 2.93. The molecule has 23 heavy (non-hydrogen) atoms. The maximum absolute atomic E-state index is 12.9. The third-order valence-corrected chi connectivity index (χ3v) is 4.40. The SMILES string of the molecule is OC(CCC1CN(c2ccc(F)cc2)C1O)c1ccc(F)cc1. The van der Waals surface area contributed by atoms with Crippen LogP contribution < -0.4 is 4.90 Å². The first kappa shape index (κ1) is 15.9. The van der Waals surface area contributed by atoms with Crippen LogP contribution in [0.25, 0.3) is 0 Å². The molecule has 1 aliphatic heterocycles. The molecular weight excluding hydrogens is 300 g/mol. The summed E-state index contributed by atoms with van der Waals surface area (Å²) in [5.41, 5.74) is 1.46. The van der Waals surface area contributed by atoms with Gasteiger partial charge >= 0.3 is 0 Å². The van der Waals surface area contributed by atoms with Gasteiger partial charge in [0.2, 0.25) is 0 Å². The highest BCUT2D eigenvalue weighted by molar-refractivity contribution is 5.49. The lowest BCUT2D eigenvalue weighted by Crippen LogP contribution is -2.56. The van der Waals surface area contributed by atoms with Crippen molar-refractivity contribution in [2.75, 3.05) is 11.4 Å². The smallest absolute Gasteiger partial charge is 0.131 e. The first-order chi connectivity index (χ1) is 11.0. The summed E-state index contributed by atoms with van der Waals surface area (Å²) in [6, 6.07) is 11.8. The molecule has 0 bridgehead atoms. The average molecular weight is 319 g/mol. The third-order valence-electron chi connectivity index (χ3n) is 4.40. The van der Waals surface area contributed by atoms with Crippen LogP contribution in [0.5, 0.6) is 0 Å². The van der Waals surface area contributed by atoms with Gasteiger partial charge in [-0.05, 0) is 54.8 Å². The molecule has 0 radical (unpaired) electrons. The Morgan fingerprint density at radius 3 is 2.13 bits per heavy atom. The molecule has 3 nitrogen and oxygen atoms in total. The molecule has 122 valence electrons. The number of benzene rings is 2. The molecule has 1 heterocycles. The maximum Gasteiger partial charge on any atom is 0.131 e. The van der Waals surface area contributed by atoms with Crippen LogP contribution in [0.2, 0.25) is 0 Å². The molecule has 0 aliphatic carbocycles. The summed E-state index contributed by atoms with van der Waals surface area (Å²) >= 11 is 0. The summed E-state index contributed by atoms with van der Waals surface area (Å²) in [7, 11) is 0. The monoisotopic (exact) mass is 319 g/mol. The Morgan fingerprint density at radius 1 is 1.00 bits per heavy atom. The Kier molecular flexibility index (Phi) is 4.59. The van der Waals surface area contributed by atoms with Crippen LogP contribution in [0.1, 0.15) is 24.5 Å². The van der Waals surface area contributed by atoms with E-state index in [1.165, 1.54) is 24.3 Å². The molecule has 1 saturated heterocycles. The number of nitrogens with zero attached hydrogens (tertiary/aromatic N) is 1. The van der Waals surface area contributed by atoms with Gasteiger partial charge < -0.3 is 15.1 Å². The van der Waals surface area contributed by atoms with Crippen LogP contribution in [0, 0.1) is 17.6 Å². The summed E-state index contributed by atoms with van der Waals surface area (Å²) in [5.74, 6) is -0.566. The van der Waals surface area contributed by atoms with Gasteiger partial charge in [0, 0.05) is 18.2 Å². The maximum atomic E-state index is 12.9. The molecule has 2 aromatic carbocycles. The number of hydrogen-bond acceptors (Lipinski definition) is 3. The predicted molar refractivity (Wildman–Crippen MR) is 83.8 cm³/mol. The van der Waals surface area contributed by atoms with E-state index in [4.69, 9.17) is 0 Å². The Morgan fingerprint density at radius 2 is 1.57 bits per heavy atom. The zero-order chi connectivity index (χ0) is 16.4. The summed E-state index contributed by atoms with van der Waals surface area (Å²) in [5, 5.41) is 20.3. The fourth-order valence-electron chi connectivity index (χ4n) is 2.93. The molecule has 1 aliphatic rings. The summed E-state index contributed by atoms with van der Waals surface area (Å²) < 4.78 is 25.8. The van der Waals surface area contributed by atoms with Gasteiger partial charge in [-0.3, -0.25) is 0 Å². The Hall–Kier alpha value is -1.98. The van der Waals surface area contributed by atoms with E-state index < -0.39 is 12.3 Å². The van der Waals surface area contributed by atoms with Crippen LogP contribution in [0.15, 0.2) is 48.5 Å². The van der Waals surface area contributed by atoms with Crippen molar-refractivity contribution < 1.29 is 19.0 Å². The lowest BCUT2D eigenvalue weighted by Gasteiger charge is -2.46. The zero-order valence-corrected chi connectivity index (χ0v) is 12.6. The van der Waals surface area contributed by atoms with Gasteiger partial charge in [0.1, 0.15) is 17.9 Å². The van der Waals surface area contributed by atoms with Crippen molar-refractivity contribution in [3.8, 4) is 0 Å². The molecule has 3 unspecified atom stereocenters. The van der Waals surface area contributed by atoms with Gasteiger partial charge in [-0.2, -0.15) is 0 Å². The predicted octanol–water partition coefficient (Wildman–Crippen LogP) is 3.23. The highest BCUT2D eigenvalue weighted by Gasteiger charge is 2.37. The van der Waals surface area contributed by atoms with Gasteiger partial charge in [0.05, 0.1) is 6.10 Å². The molecule has 0 aromatic heterocycles. The highest BCUT2D eigenvalue weighted by atomic mass is 19.1. The van der Waals surface area contributed by atoms with Crippen molar-refractivity contribution in [2.45, 2.75) is 25.2 Å².